The molecule has 158 valence electrons. The minimum absolute atomic E-state index is 0.0804. The average molecular weight is 419 g/mol. The van der Waals surface area contributed by atoms with Crippen LogP contribution in [0.3, 0.4) is 0 Å². The van der Waals surface area contributed by atoms with Crippen LogP contribution in [0.25, 0.3) is 10.9 Å². The molecule has 1 N–H and O–H groups in total. The molecule has 3 aromatic rings. The molecule has 0 saturated heterocycles. The summed E-state index contributed by atoms with van der Waals surface area (Å²) in [5.74, 6) is -0.601. The molecule has 0 aliphatic heterocycles. The van der Waals surface area contributed by atoms with Gasteiger partial charge in [-0.25, -0.2) is 4.79 Å². The third-order valence-corrected chi connectivity index (χ3v) is 4.50. The van der Waals surface area contributed by atoms with Gasteiger partial charge in [0, 0.05) is 29.2 Å². The molecule has 0 bridgehead atoms. The molecular weight excluding hydrogens is 398 g/mol. The predicted octanol–water partition coefficient (Wildman–Crippen LogP) is 3.03. The van der Waals surface area contributed by atoms with Crippen molar-refractivity contribution in [1.29, 1.82) is 5.26 Å². The molecule has 3 rings (SSSR count). The van der Waals surface area contributed by atoms with Crippen molar-refractivity contribution in [2.24, 2.45) is 0 Å². The molecule has 8 heteroatoms. The van der Waals surface area contributed by atoms with E-state index >= 15 is 0 Å². The third-order valence-electron chi connectivity index (χ3n) is 4.50. The summed E-state index contributed by atoms with van der Waals surface area (Å²) in [5, 5.41) is 9.45. The minimum Gasteiger partial charge on any atom is -0.494 e. The lowest BCUT2D eigenvalue weighted by atomic mass is 10.1. The van der Waals surface area contributed by atoms with E-state index in [2.05, 4.69) is 4.98 Å². The SMILES string of the molecule is CCOc1ccc(N(CCC#N)C(=O)COC(=O)c2cc(=O)[nH]c3ccccc23)cc1. The number of benzene rings is 2. The van der Waals surface area contributed by atoms with E-state index in [9.17, 15) is 14.4 Å². The molecule has 0 unspecified atom stereocenters. The molecule has 0 spiro atoms. The van der Waals surface area contributed by atoms with E-state index in [1.54, 1.807) is 48.5 Å². The topological polar surface area (TPSA) is 112 Å². The maximum atomic E-state index is 12.8. The van der Waals surface area contributed by atoms with Crippen LogP contribution in [0, 0.1) is 11.3 Å². The first-order valence-electron chi connectivity index (χ1n) is 9.73. The number of amides is 1. The first-order chi connectivity index (χ1) is 15.0. The Morgan fingerprint density at radius 3 is 2.58 bits per heavy atom. The Morgan fingerprint density at radius 1 is 1.13 bits per heavy atom. The number of carbonyl (C=O) groups is 2. The maximum absolute atomic E-state index is 12.8. The van der Waals surface area contributed by atoms with Gasteiger partial charge in [0.25, 0.3) is 5.91 Å². The number of nitrogens with zero attached hydrogens (tertiary/aromatic N) is 2. The number of carbonyl (C=O) groups excluding carboxylic acids is 2. The molecule has 1 heterocycles. The van der Waals surface area contributed by atoms with Gasteiger partial charge in [-0.1, -0.05) is 18.2 Å². The number of esters is 1. The van der Waals surface area contributed by atoms with Crippen LogP contribution in [0.2, 0.25) is 0 Å². The Balaban J connectivity index is 1.76. The number of nitrogens with one attached hydrogen (secondary N) is 1. The summed E-state index contributed by atoms with van der Waals surface area (Å²) in [7, 11) is 0. The van der Waals surface area contributed by atoms with Crippen molar-refractivity contribution in [3.8, 4) is 11.8 Å². The van der Waals surface area contributed by atoms with Gasteiger partial charge in [-0.3, -0.25) is 9.59 Å². The van der Waals surface area contributed by atoms with Gasteiger partial charge >= 0.3 is 5.97 Å². The van der Waals surface area contributed by atoms with Crippen LogP contribution in [-0.4, -0.2) is 36.6 Å². The number of hydrogen-bond acceptors (Lipinski definition) is 6. The molecule has 0 atom stereocenters. The zero-order valence-corrected chi connectivity index (χ0v) is 17.0. The van der Waals surface area contributed by atoms with Crippen LogP contribution < -0.4 is 15.2 Å². The second-order valence-electron chi connectivity index (χ2n) is 6.55. The van der Waals surface area contributed by atoms with Crippen molar-refractivity contribution in [3.63, 3.8) is 0 Å². The summed E-state index contributed by atoms with van der Waals surface area (Å²) in [6.45, 7) is 2.01. The Bertz CT molecular complexity index is 1180. The van der Waals surface area contributed by atoms with Crippen LogP contribution >= 0.6 is 0 Å². The predicted molar refractivity (Wildman–Crippen MR) is 115 cm³/mol. The minimum atomic E-state index is -0.775. The van der Waals surface area contributed by atoms with Gasteiger partial charge in [0.05, 0.1) is 24.7 Å². The van der Waals surface area contributed by atoms with Gasteiger partial charge in [0.1, 0.15) is 5.75 Å². The highest BCUT2D eigenvalue weighted by Gasteiger charge is 2.20. The lowest BCUT2D eigenvalue weighted by Crippen LogP contribution is -2.35. The number of aromatic amines is 1. The molecule has 31 heavy (non-hydrogen) atoms. The lowest BCUT2D eigenvalue weighted by Gasteiger charge is -2.22. The first kappa shape index (κ1) is 21.6. The van der Waals surface area contributed by atoms with Crippen LogP contribution in [0.4, 0.5) is 5.69 Å². The van der Waals surface area contributed by atoms with Crippen LogP contribution in [0.5, 0.6) is 5.75 Å². The van der Waals surface area contributed by atoms with E-state index in [4.69, 9.17) is 14.7 Å². The number of aromatic nitrogens is 1. The Labute approximate surface area is 178 Å². The number of H-pyrrole nitrogens is 1. The number of rotatable bonds is 8. The van der Waals surface area contributed by atoms with Crippen LogP contribution in [0.1, 0.15) is 23.7 Å². The molecule has 1 amide bonds. The van der Waals surface area contributed by atoms with Crippen LogP contribution in [0.15, 0.2) is 59.4 Å². The van der Waals surface area contributed by atoms with Crippen molar-refractivity contribution >= 4 is 28.5 Å². The van der Waals surface area contributed by atoms with Crippen molar-refractivity contribution in [2.45, 2.75) is 13.3 Å². The molecule has 0 radical (unpaired) electrons. The van der Waals surface area contributed by atoms with Gasteiger partial charge in [-0.15, -0.1) is 0 Å². The van der Waals surface area contributed by atoms with Crippen molar-refractivity contribution in [3.05, 3.63) is 70.5 Å². The Hall–Kier alpha value is -4.12. The van der Waals surface area contributed by atoms with E-state index in [0.717, 1.165) is 6.07 Å². The summed E-state index contributed by atoms with van der Waals surface area (Å²) in [4.78, 5) is 41.2. The van der Waals surface area contributed by atoms with E-state index in [0.29, 0.717) is 28.9 Å². The van der Waals surface area contributed by atoms with E-state index in [1.165, 1.54) is 4.90 Å². The van der Waals surface area contributed by atoms with Crippen molar-refractivity contribution < 1.29 is 19.1 Å². The normalized spacial score (nSPS) is 10.3. The Kier molecular flexibility index (Phi) is 7.01. The second-order valence-corrected chi connectivity index (χ2v) is 6.55. The molecule has 0 aliphatic carbocycles. The van der Waals surface area contributed by atoms with E-state index in [1.807, 2.05) is 13.0 Å². The first-order valence-corrected chi connectivity index (χ1v) is 9.73. The summed E-state index contributed by atoms with van der Waals surface area (Å²) in [6, 6.07) is 16.8. The number of fused-ring (bicyclic) bond motifs is 1. The number of nitriles is 1. The molecular formula is C23H21N3O5. The summed E-state index contributed by atoms with van der Waals surface area (Å²) < 4.78 is 10.6. The van der Waals surface area contributed by atoms with E-state index < -0.39 is 24.0 Å². The number of anilines is 1. The smallest absolute Gasteiger partial charge is 0.339 e. The summed E-state index contributed by atoms with van der Waals surface area (Å²) in [6.07, 6.45) is 0.117. The largest absolute Gasteiger partial charge is 0.494 e. The molecule has 2 aromatic carbocycles. The highest BCUT2D eigenvalue weighted by molar-refractivity contribution is 6.04. The standard InChI is InChI=1S/C23H21N3O5/c1-2-30-17-10-8-16(9-11-17)26(13-5-12-24)22(28)15-31-23(29)19-14-21(27)25-20-7-4-3-6-18(19)20/h3-4,6-11,14H,2,5,13,15H2,1H3,(H,25,27). The van der Waals surface area contributed by atoms with Gasteiger partial charge < -0.3 is 19.4 Å². The molecule has 0 fully saturated rings. The Morgan fingerprint density at radius 2 is 1.87 bits per heavy atom. The number of hydrogen-bond donors (Lipinski definition) is 1. The highest BCUT2D eigenvalue weighted by Crippen LogP contribution is 2.21. The zero-order chi connectivity index (χ0) is 22.2. The highest BCUT2D eigenvalue weighted by atomic mass is 16.5. The fraction of sp³-hybridized carbons (Fsp3) is 0.217. The van der Waals surface area contributed by atoms with Crippen molar-refractivity contribution in [2.75, 3.05) is 24.7 Å². The summed E-state index contributed by atoms with van der Waals surface area (Å²) >= 11 is 0. The summed E-state index contributed by atoms with van der Waals surface area (Å²) in [5.41, 5.74) is 0.693. The maximum Gasteiger partial charge on any atom is 0.339 e. The van der Waals surface area contributed by atoms with Gasteiger partial charge in [-0.2, -0.15) is 5.26 Å². The number of pyridine rings is 1. The molecule has 0 saturated carbocycles. The molecule has 8 nitrogen and oxygen atoms in total. The zero-order valence-electron chi connectivity index (χ0n) is 17.0. The lowest BCUT2D eigenvalue weighted by molar-refractivity contribution is -0.121. The number of ether oxygens (including phenoxy) is 2. The average Bonchev–Trinajstić information content (AvgIpc) is 2.78. The monoisotopic (exact) mass is 419 g/mol. The quantitative estimate of drug-likeness (QED) is 0.562. The second kappa shape index (κ2) is 10.1. The third kappa shape index (κ3) is 5.28. The molecule has 0 aliphatic rings. The van der Waals surface area contributed by atoms with Gasteiger partial charge in [-0.05, 0) is 37.3 Å². The fourth-order valence-electron chi connectivity index (χ4n) is 3.11. The fourth-order valence-corrected chi connectivity index (χ4v) is 3.11. The number of para-hydroxylation sites is 1. The van der Waals surface area contributed by atoms with Gasteiger partial charge in [0.2, 0.25) is 5.56 Å². The van der Waals surface area contributed by atoms with E-state index in [-0.39, 0.29) is 18.5 Å². The van der Waals surface area contributed by atoms with Crippen LogP contribution in [-0.2, 0) is 9.53 Å². The van der Waals surface area contributed by atoms with Crippen molar-refractivity contribution in [1.82, 2.24) is 4.98 Å². The molecule has 1 aromatic heterocycles. The van der Waals surface area contributed by atoms with Gasteiger partial charge in [0.15, 0.2) is 6.61 Å².